The maximum atomic E-state index is 3.90. The van der Waals surface area contributed by atoms with Gasteiger partial charge in [-0.1, -0.05) is 12.8 Å². The molecule has 0 aliphatic heterocycles. The first-order valence-electron chi connectivity index (χ1n) is 4.41. The lowest BCUT2D eigenvalue weighted by atomic mass is 10.0. The monoisotopic (exact) mass is 296 g/mol. The van der Waals surface area contributed by atoms with Gasteiger partial charge in [-0.25, -0.2) is 0 Å². The maximum absolute atomic E-state index is 3.90. The predicted octanol–water partition coefficient (Wildman–Crippen LogP) is 4.18. The summed E-state index contributed by atoms with van der Waals surface area (Å²) in [4.78, 5) is 0. The van der Waals surface area contributed by atoms with Crippen LogP contribution in [0.15, 0.2) is 0 Å². The maximum Gasteiger partial charge on any atom is 0.204 e. The van der Waals surface area contributed by atoms with Crippen LogP contribution in [0.2, 0.25) is 11.6 Å². The van der Waals surface area contributed by atoms with E-state index < -0.39 is 5.31 Å². The molecule has 2 aliphatic rings. The van der Waals surface area contributed by atoms with Gasteiger partial charge in [0, 0.05) is 0 Å². The van der Waals surface area contributed by atoms with Gasteiger partial charge in [-0.2, -0.15) is 0 Å². The van der Waals surface area contributed by atoms with Crippen LogP contribution in [0.1, 0.15) is 32.1 Å². The molecule has 0 aromatic heterocycles. The van der Waals surface area contributed by atoms with Crippen LogP contribution >= 0.6 is 30.6 Å². The van der Waals surface area contributed by atoms with E-state index in [-0.39, 0.29) is 0 Å². The Morgan fingerprint density at radius 3 is 2.00 bits per heavy atom. The van der Waals surface area contributed by atoms with Gasteiger partial charge in [0.25, 0.3) is 0 Å². The minimum atomic E-state index is -1.21. The quantitative estimate of drug-likeness (QED) is 0.503. The number of halogens is 2. The molecule has 0 atom stereocenters. The molecule has 2 bridgehead atoms. The molecule has 0 saturated heterocycles. The molecule has 64 valence electrons. The zero-order valence-electron chi connectivity index (χ0n) is 6.87. The minimum absolute atomic E-state index is 0.720. The lowest BCUT2D eigenvalue weighted by Crippen LogP contribution is -2.30. The zero-order chi connectivity index (χ0) is 8.11. The predicted molar refractivity (Wildman–Crippen MR) is 58.7 cm³/mol. The van der Waals surface area contributed by atoms with Crippen LogP contribution in [-0.4, -0.2) is 5.31 Å². The smallest absolute Gasteiger partial charge is 0.111 e. The molecular formula is C8H14Br2Si. The van der Waals surface area contributed by atoms with Crippen LogP contribution < -0.4 is 0 Å². The fourth-order valence-corrected chi connectivity index (χ4v) is 7.97. The molecule has 2 saturated carbocycles. The van der Waals surface area contributed by atoms with E-state index in [1.165, 1.54) is 32.1 Å². The number of hydrogen-bond donors (Lipinski definition) is 0. The molecular weight excluding hydrogens is 284 g/mol. The Bertz CT molecular complexity index is 165. The second-order valence-electron chi connectivity index (χ2n) is 4.32. The van der Waals surface area contributed by atoms with Crippen molar-refractivity contribution in [1.29, 1.82) is 0 Å². The standard InChI is InChI=1S/C8H14Br2Si/c1-11(9,10)8-4-2-7(6-8)3-5-8/h7H,2-6H2,1H3. The molecule has 0 unspecified atom stereocenters. The summed E-state index contributed by atoms with van der Waals surface area (Å²) in [5.74, 6) is 1.08. The van der Waals surface area contributed by atoms with Gasteiger partial charge in [-0.3, -0.25) is 0 Å². The van der Waals surface area contributed by atoms with E-state index in [4.69, 9.17) is 0 Å². The largest absolute Gasteiger partial charge is 0.204 e. The van der Waals surface area contributed by atoms with Crippen molar-refractivity contribution in [2.24, 2.45) is 5.92 Å². The molecule has 0 heterocycles. The van der Waals surface area contributed by atoms with E-state index in [9.17, 15) is 0 Å². The minimum Gasteiger partial charge on any atom is -0.111 e. The van der Waals surface area contributed by atoms with Crippen molar-refractivity contribution in [3.05, 3.63) is 0 Å². The molecule has 0 aromatic rings. The zero-order valence-corrected chi connectivity index (χ0v) is 11.0. The molecule has 0 amide bonds. The normalized spacial score (nSPS) is 43.4. The van der Waals surface area contributed by atoms with Gasteiger partial charge in [0.05, 0.1) is 0 Å². The summed E-state index contributed by atoms with van der Waals surface area (Å²) < 4.78 is 0. The van der Waals surface area contributed by atoms with Crippen molar-refractivity contribution < 1.29 is 0 Å². The highest BCUT2D eigenvalue weighted by Gasteiger charge is 2.55. The van der Waals surface area contributed by atoms with Gasteiger partial charge in [-0.05, 0) is 36.8 Å². The third-order valence-electron chi connectivity index (χ3n) is 3.67. The highest BCUT2D eigenvalue weighted by atomic mass is 79.9. The van der Waals surface area contributed by atoms with E-state index in [2.05, 4.69) is 37.1 Å². The van der Waals surface area contributed by atoms with Gasteiger partial charge in [0.15, 0.2) is 0 Å². The van der Waals surface area contributed by atoms with Crippen molar-refractivity contribution in [3.63, 3.8) is 0 Å². The van der Waals surface area contributed by atoms with Crippen molar-refractivity contribution in [2.75, 3.05) is 0 Å². The van der Waals surface area contributed by atoms with Crippen molar-refractivity contribution in [2.45, 2.75) is 43.7 Å². The fraction of sp³-hybridized carbons (Fsp3) is 1.00. The molecule has 0 N–H and O–H groups in total. The first kappa shape index (κ1) is 8.76. The molecule has 0 radical (unpaired) electrons. The molecule has 11 heavy (non-hydrogen) atoms. The summed E-state index contributed by atoms with van der Waals surface area (Å²) in [6.07, 6.45) is 7.47. The highest BCUT2D eigenvalue weighted by molar-refractivity contribution is 9.51. The third kappa shape index (κ3) is 1.27. The van der Waals surface area contributed by atoms with E-state index in [1.54, 1.807) is 0 Å². The average molecular weight is 298 g/mol. The van der Waals surface area contributed by atoms with Crippen LogP contribution in [0.25, 0.3) is 0 Å². The van der Waals surface area contributed by atoms with Gasteiger partial charge >= 0.3 is 0 Å². The number of rotatable bonds is 1. The van der Waals surface area contributed by atoms with Gasteiger partial charge in [0.2, 0.25) is 5.31 Å². The van der Waals surface area contributed by atoms with E-state index >= 15 is 0 Å². The number of hydrogen-bond acceptors (Lipinski definition) is 0. The SMILES string of the molecule is C[Si](Br)(Br)C12CCC(CC1)C2. The van der Waals surface area contributed by atoms with E-state index in [1.807, 2.05) is 0 Å². The average Bonchev–Trinajstić information content (AvgIpc) is 2.42. The van der Waals surface area contributed by atoms with Gasteiger partial charge in [0.1, 0.15) is 0 Å². The Balaban J connectivity index is 2.23. The molecule has 2 fully saturated rings. The second-order valence-corrected chi connectivity index (χ2v) is 19.9. The van der Waals surface area contributed by atoms with Crippen LogP contribution in [-0.2, 0) is 0 Å². The molecule has 0 spiro atoms. The molecule has 0 nitrogen and oxygen atoms in total. The summed E-state index contributed by atoms with van der Waals surface area (Å²) >= 11 is 7.81. The Labute approximate surface area is 85.3 Å². The Morgan fingerprint density at radius 1 is 1.27 bits per heavy atom. The Hall–Kier alpha value is 1.18. The fourth-order valence-electron chi connectivity index (χ4n) is 2.81. The van der Waals surface area contributed by atoms with Crippen LogP contribution in [0.5, 0.6) is 0 Å². The lowest BCUT2D eigenvalue weighted by molar-refractivity contribution is 0.487. The molecule has 0 aromatic carbocycles. The Morgan fingerprint density at radius 2 is 1.82 bits per heavy atom. The molecule has 2 rings (SSSR count). The second kappa shape index (κ2) is 2.58. The van der Waals surface area contributed by atoms with E-state index in [0.717, 1.165) is 11.0 Å². The first-order chi connectivity index (χ1) is 5.04. The lowest BCUT2D eigenvalue weighted by Gasteiger charge is -2.34. The summed E-state index contributed by atoms with van der Waals surface area (Å²) in [6.45, 7) is 2.40. The topological polar surface area (TPSA) is 0 Å². The summed E-state index contributed by atoms with van der Waals surface area (Å²) in [6, 6.07) is 0. The molecule has 3 heteroatoms. The Kier molecular flexibility index (Phi) is 2.06. The molecule has 2 aliphatic carbocycles. The summed E-state index contributed by atoms with van der Waals surface area (Å²) in [7, 11) is 0. The first-order valence-corrected chi connectivity index (χ1v) is 11.4. The summed E-state index contributed by atoms with van der Waals surface area (Å²) in [5.41, 5.74) is 0. The van der Waals surface area contributed by atoms with Gasteiger partial charge in [-0.15, -0.1) is 30.6 Å². The van der Waals surface area contributed by atoms with E-state index in [0.29, 0.717) is 0 Å². The van der Waals surface area contributed by atoms with Crippen LogP contribution in [0, 0.1) is 5.92 Å². The van der Waals surface area contributed by atoms with Crippen LogP contribution in [0.3, 0.4) is 0 Å². The summed E-state index contributed by atoms with van der Waals surface area (Å²) in [5, 5.41) is -0.488. The third-order valence-corrected chi connectivity index (χ3v) is 11.3. The van der Waals surface area contributed by atoms with Crippen molar-refractivity contribution in [1.82, 2.24) is 0 Å². The highest BCUT2D eigenvalue weighted by Crippen LogP contribution is 2.67. The number of fused-ring (bicyclic) bond motifs is 2. The van der Waals surface area contributed by atoms with Crippen LogP contribution in [0.4, 0.5) is 0 Å². The van der Waals surface area contributed by atoms with Gasteiger partial charge < -0.3 is 0 Å². The van der Waals surface area contributed by atoms with Crippen molar-refractivity contribution >= 4 is 35.9 Å². The van der Waals surface area contributed by atoms with Crippen molar-refractivity contribution in [3.8, 4) is 0 Å².